The summed E-state index contributed by atoms with van der Waals surface area (Å²) in [6.45, 7) is 3.56. The minimum absolute atomic E-state index is 0.0141. The minimum Gasteiger partial charge on any atom is -0.396 e. The van der Waals surface area contributed by atoms with E-state index in [1.807, 2.05) is 0 Å². The van der Waals surface area contributed by atoms with Gasteiger partial charge in [0.05, 0.1) is 12.6 Å². The fourth-order valence-corrected chi connectivity index (χ4v) is 2.04. The molecule has 108 valence electrons. The van der Waals surface area contributed by atoms with E-state index in [-0.39, 0.29) is 12.6 Å². The van der Waals surface area contributed by atoms with E-state index in [1.165, 1.54) is 6.33 Å². The lowest BCUT2D eigenvalue weighted by Gasteiger charge is -2.19. The Bertz CT molecular complexity index is 373. The van der Waals surface area contributed by atoms with E-state index >= 15 is 0 Å². The van der Waals surface area contributed by atoms with Crippen LogP contribution >= 0.6 is 15.9 Å². The fraction of sp³-hybridized carbons (Fsp3) is 0.667. The molecule has 0 fully saturated rings. The van der Waals surface area contributed by atoms with Crippen LogP contribution in [-0.2, 0) is 4.74 Å². The van der Waals surface area contributed by atoms with Crippen molar-refractivity contribution in [3.63, 3.8) is 0 Å². The second kappa shape index (κ2) is 9.06. The van der Waals surface area contributed by atoms with Crippen molar-refractivity contribution in [1.82, 2.24) is 9.97 Å². The van der Waals surface area contributed by atoms with Crippen LogP contribution in [0.25, 0.3) is 0 Å². The van der Waals surface area contributed by atoms with Gasteiger partial charge in [0.25, 0.3) is 0 Å². The van der Waals surface area contributed by atoms with Crippen LogP contribution < -0.4 is 10.6 Å². The molecular weight excluding hydrogens is 312 g/mol. The quantitative estimate of drug-likeness (QED) is 0.640. The van der Waals surface area contributed by atoms with Crippen molar-refractivity contribution in [3.8, 4) is 0 Å². The van der Waals surface area contributed by atoms with Crippen LogP contribution in [0, 0.1) is 0 Å². The van der Waals surface area contributed by atoms with Gasteiger partial charge in [-0.15, -0.1) is 0 Å². The summed E-state index contributed by atoms with van der Waals surface area (Å²) in [6, 6.07) is 0.0141. The fourth-order valence-electron chi connectivity index (χ4n) is 1.58. The summed E-state index contributed by atoms with van der Waals surface area (Å²) in [5.74, 6) is 1.46. The molecule has 1 aromatic heterocycles. The van der Waals surface area contributed by atoms with Crippen LogP contribution in [0.5, 0.6) is 0 Å². The maximum Gasteiger partial charge on any atom is 0.146 e. The van der Waals surface area contributed by atoms with Crippen molar-refractivity contribution in [2.24, 2.45) is 0 Å². The predicted octanol–water partition coefficient (Wildman–Crippen LogP) is 1.87. The number of anilines is 2. The van der Waals surface area contributed by atoms with Gasteiger partial charge in [-0.25, -0.2) is 9.97 Å². The number of aliphatic hydroxyl groups excluding tert-OH is 1. The highest BCUT2D eigenvalue weighted by molar-refractivity contribution is 9.10. The van der Waals surface area contributed by atoms with Gasteiger partial charge in [-0.1, -0.05) is 6.92 Å². The van der Waals surface area contributed by atoms with Crippen molar-refractivity contribution in [2.45, 2.75) is 25.8 Å². The summed E-state index contributed by atoms with van der Waals surface area (Å²) in [7, 11) is 1.63. The monoisotopic (exact) mass is 332 g/mol. The van der Waals surface area contributed by atoms with E-state index in [4.69, 9.17) is 9.84 Å². The summed E-state index contributed by atoms with van der Waals surface area (Å²) < 4.78 is 5.91. The van der Waals surface area contributed by atoms with Gasteiger partial charge < -0.3 is 20.5 Å². The standard InChI is InChI=1S/C12H21BrN4O2/c1-3-5-14-11-10(13)12(16-8-15-11)17-9(4-6-18)7-19-2/h8-9,18H,3-7H2,1-2H3,(H2,14,15,16,17). The Hall–Kier alpha value is -0.920. The molecule has 0 saturated carbocycles. The minimum atomic E-state index is 0.0141. The molecule has 0 aliphatic rings. The molecule has 0 aliphatic heterocycles. The van der Waals surface area contributed by atoms with Gasteiger partial charge >= 0.3 is 0 Å². The van der Waals surface area contributed by atoms with E-state index < -0.39 is 0 Å². The number of hydrogen-bond donors (Lipinski definition) is 3. The third-order valence-electron chi connectivity index (χ3n) is 2.52. The Morgan fingerprint density at radius 3 is 2.79 bits per heavy atom. The van der Waals surface area contributed by atoms with Crippen LogP contribution in [0.1, 0.15) is 19.8 Å². The smallest absolute Gasteiger partial charge is 0.146 e. The van der Waals surface area contributed by atoms with E-state index in [1.54, 1.807) is 7.11 Å². The SMILES string of the molecule is CCCNc1ncnc(NC(CCO)COC)c1Br. The van der Waals surface area contributed by atoms with Crippen LogP contribution in [-0.4, -0.2) is 48.0 Å². The maximum atomic E-state index is 9.03. The Labute approximate surface area is 122 Å². The van der Waals surface area contributed by atoms with Crippen molar-refractivity contribution in [2.75, 3.05) is 37.5 Å². The first-order valence-electron chi connectivity index (χ1n) is 6.33. The van der Waals surface area contributed by atoms with E-state index in [0.717, 1.165) is 23.3 Å². The lowest BCUT2D eigenvalue weighted by atomic mass is 10.2. The number of nitrogens with one attached hydrogen (secondary N) is 2. The molecule has 0 spiro atoms. The molecule has 1 heterocycles. The van der Waals surface area contributed by atoms with Crippen LogP contribution in [0.3, 0.4) is 0 Å². The maximum absolute atomic E-state index is 9.03. The number of methoxy groups -OCH3 is 1. The molecule has 3 N–H and O–H groups in total. The highest BCUT2D eigenvalue weighted by atomic mass is 79.9. The van der Waals surface area contributed by atoms with Gasteiger partial charge in [-0.2, -0.15) is 0 Å². The second-order valence-electron chi connectivity index (χ2n) is 4.12. The van der Waals surface area contributed by atoms with Crippen molar-refractivity contribution >= 4 is 27.6 Å². The van der Waals surface area contributed by atoms with E-state index in [9.17, 15) is 0 Å². The third-order valence-corrected chi connectivity index (χ3v) is 3.27. The number of halogens is 1. The lowest BCUT2D eigenvalue weighted by molar-refractivity contribution is 0.170. The molecule has 0 radical (unpaired) electrons. The van der Waals surface area contributed by atoms with Crippen LogP contribution in [0.4, 0.5) is 11.6 Å². The second-order valence-corrected chi connectivity index (χ2v) is 4.91. The first-order chi connectivity index (χ1) is 9.22. The summed E-state index contributed by atoms with van der Waals surface area (Å²) in [6.07, 6.45) is 3.13. The number of rotatable bonds is 9. The molecule has 1 rings (SSSR count). The summed E-state index contributed by atoms with van der Waals surface area (Å²) >= 11 is 3.49. The highest BCUT2D eigenvalue weighted by Gasteiger charge is 2.13. The zero-order chi connectivity index (χ0) is 14.1. The normalized spacial score (nSPS) is 12.2. The molecular formula is C12H21BrN4O2. The van der Waals surface area contributed by atoms with Gasteiger partial charge in [-0.05, 0) is 28.8 Å². The Morgan fingerprint density at radius 1 is 1.42 bits per heavy atom. The summed E-state index contributed by atoms with van der Waals surface area (Å²) in [5.41, 5.74) is 0. The van der Waals surface area contributed by atoms with E-state index in [0.29, 0.717) is 18.8 Å². The molecule has 0 bridgehead atoms. The zero-order valence-corrected chi connectivity index (χ0v) is 12.9. The van der Waals surface area contributed by atoms with Gasteiger partial charge in [0.1, 0.15) is 22.4 Å². The number of nitrogens with zero attached hydrogens (tertiary/aromatic N) is 2. The largest absolute Gasteiger partial charge is 0.396 e. The Kier molecular flexibility index (Phi) is 7.69. The molecule has 0 amide bonds. The molecule has 1 atom stereocenters. The molecule has 0 saturated heterocycles. The summed E-state index contributed by atoms with van der Waals surface area (Å²) in [4.78, 5) is 8.39. The molecule has 6 nitrogen and oxygen atoms in total. The Balaban J connectivity index is 2.75. The first-order valence-corrected chi connectivity index (χ1v) is 7.12. The average Bonchev–Trinajstić information content (AvgIpc) is 2.40. The molecule has 1 aromatic rings. The first kappa shape index (κ1) is 16.1. The topological polar surface area (TPSA) is 79.3 Å². The van der Waals surface area contributed by atoms with Gasteiger partial charge in [0.2, 0.25) is 0 Å². The lowest BCUT2D eigenvalue weighted by Crippen LogP contribution is -2.27. The van der Waals surface area contributed by atoms with Gasteiger partial charge in [0, 0.05) is 20.3 Å². The van der Waals surface area contributed by atoms with Gasteiger partial charge in [0.15, 0.2) is 0 Å². The zero-order valence-electron chi connectivity index (χ0n) is 11.3. The number of ether oxygens (including phenoxy) is 1. The van der Waals surface area contributed by atoms with Crippen molar-refractivity contribution in [3.05, 3.63) is 10.8 Å². The number of aliphatic hydroxyl groups is 1. The van der Waals surface area contributed by atoms with Crippen LogP contribution in [0.15, 0.2) is 10.8 Å². The van der Waals surface area contributed by atoms with Crippen LogP contribution in [0.2, 0.25) is 0 Å². The molecule has 0 aromatic carbocycles. The average molecular weight is 333 g/mol. The molecule has 19 heavy (non-hydrogen) atoms. The predicted molar refractivity (Wildman–Crippen MR) is 79.5 cm³/mol. The third kappa shape index (κ3) is 5.30. The molecule has 0 aliphatic carbocycles. The molecule has 1 unspecified atom stereocenters. The van der Waals surface area contributed by atoms with Crippen molar-refractivity contribution < 1.29 is 9.84 Å². The summed E-state index contributed by atoms with van der Waals surface area (Å²) in [5, 5.41) is 15.5. The van der Waals surface area contributed by atoms with E-state index in [2.05, 4.69) is 43.5 Å². The molecule has 7 heteroatoms. The number of hydrogen-bond acceptors (Lipinski definition) is 6. The highest BCUT2D eigenvalue weighted by Crippen LogP contribution is 2.27. The Morgan fingerprint density at radius 2 is 2.16 bits per heavy atom. The van der Waals surface area contributed by atoms with Gasteiger partial charge in [-0.3, -0.25) is 0 Å². The van der Waals surface area contributed by atoms with Crippen molar-refractivity contribution in [1.29, 1.82) is 0 Å². The number of aromatic nitrogens is 2.